The van der Waals surface area contributed by atoms with Crippen LogP contribution in [0.4, 0.5) is 5.69 Å². The van der Waals surface area contributed by atoms with E-state index in [0.717, 1.165) is 21.3 Å². The molecule has 8 heteroatoms. The van der Waals surface area contributed by atoms with Crippen LogP contribution >= 0.6 is 15.9 Å². The van der Waals surface area contributed by atoms with Crippen molar-refractivity contribution < 1.29 is 19.1 Å². The van der Waals surface area contributed by atoms with E-state index in [-0.39, 0.29) is 18.2 Å². The lowest BCUT2D eigenvalue weighted by molar-refractivity contribution is -0.126. The van der Waals surface area contributed by atoms with Gasteiger partial charge in [-0.1, -0.05) is 46.3 Å². The minimum absolute atomic E-state index is 0.0812. The van der Waals surface area contributed by atoms with Gasteiger partial charge in [0.25, 0.3) is 0 Å². The van der Waals surface area contributed by atoms with Crippen LogP contribution in [0.2, 0.25) is 0 Å². The normalized spacial score (nSPS) is 15.5. The molecule has 1 N–H and O–H groups in total. The molecular formula is C26H24BrN3O4. The highest BCUT2D eigenvalue weighted by Gasteiger charge is 2.35. The van der Waals surface area contributed by atoms with Crippen LogP contribution in [0.5, 0.6) is 11.5 Å². The number of hydrazone groups is 1. The van der Waals surface area contributed by atoms with Gasteiger partial charge in [0, 0.05) is 23.1 Å². The van der Waals surface area contributed by atoms with Gasteiger partial charge in [0.05, 0.1) is 19.2 Å². The lowest BCUT2D eigenvalue weighted by Gasteiger charge is -2.16. The SMILES string of the molecule is COc1cc(/C=N\NC(=O)[C@@H]2CC(=O)N(c3ccc(Br)cc3)C2)ccc1OCc1ccccc1. The van der Waals surface area contributed by atoms with Crippen molar-refractivity contribution in [3.05, 3.63) is 88.4 Å². The molecule has 2 amide bonds. The van der Waals surface area contributed by atoms with Crippen LogP contribution in [0, 0.1) is 5.92 Å². The fourth-order valence-electron chi connectivity index (χ4n) is 3.63. The van der Waals surface area contributed by atoms with Crippen molar-refractivity contribution in [3.63, 3.8) is 0 Å². The number of nitrogens with one attached hydrogen (secondary N) is 1. The number of anilines is 1. The maximum atomic E-state index is 12.6. The number of carbonyl (C=O) groups is 2. The molecule has 1 heterocycles. The number of methoxy groups -OCH3 is 1. The number of carbonyl (C=O) groups excluding carboxylic acids is 2. The summed E-state index contributed by atoms with van der Waals surface area (Å²) in [6.07, 6.45) is 1.68. The number of amides is 2. The predicted octanol–water partition coefficient (Wildman–Crippen LogP) is 4.54. The lowest BCUT2D eigenvalue weighted by atomic mass is 10.1. The van der Waals surface area contributed by atoms with Crippen LogP contribution in [0.1, 0.15) is 17.5 Å². The third-order valence-electron chi connectivity index (χ3n) is 5.45. The van der Waals surface area contributed by atoms with Gasteiger partial charge in [0.2, 0.25) is 11.8 Å². The van der Waals surface area contributed by atoms with Crippen LogP contribution in [-0.4, -0.2) is 31.7 Å². The van der Waals surface area contributed by atoms with Crippen molar-refractivity contribution in [2.45, 2.75) is 13.0 Å². The van der Waals surface area contributed by atoms with Gasteiger partial charge < -0.3 is 14.4 Å². The highest BCUT2D eigenvalue weighted by atomic mass is 79.9. The van der Waals surface area contributed by atoms with Crippen molar-refractivity contribution in [1.82, 2.24) is 5.43 Å². The van der Waals surface area contributed by atoms with Gasteiger partial charge in [0.1, 0.15) is 6.61 Å². The molecule has 7 nitrogen and oxygen atoms in total. The van der Waals surface area contributed by atoms with Crippen LogP contribution in [0.3, 0.4) is 0 Å². The summed E-state index contributed by atoms with van der Waals surface area (Å²) in [5.74, 6) is 0.348. The Bertz CT molecular complexity index is 1180. The molecule has 3 aromatic carbocycles. The second-order valence-electron chi connectivity index (χ2n) is 7.80. The summed E-state index contributed by atoms with van der Waals surface area (Å²) < 4.78 is 12.2. The Balaban J connectivity index is 1.33. The summed E-state index contributed by atoms with van der Waals surface area (Å²) in [5, 5.41) is 4.06. The summed E-state index contributed by atoms with van der Waals surface area (Å²) in [7, 11) is 1.57. The van der Waals surface area contributed by atoms with Crippen molar-refractivity contribution in [3.8, 4) is 11.5 Å². The third-order valence-corrected chi connectivity index (χ3v) is 5.98. The molecule has 174 valence electrons. The van der Waals surface area contributed by atoms with Crippen LogP contribution < -0.4 is 19.8 Å². The van der Waals surface area contributed by atoms with Gasteiger partial charge in [-0.25, -0.2) is 5.43 Å². The first-order chi connectivity index (χ1) is 16.5. The zero-order valence-corrected chi connectivity index (χ0v) is 20.2. The second-order valence-corrected chi connectivity index (χ2v) is 8.72. The molecule has 0 bridgehead atoms. The predicted molar refractivity (Wildman–Crippen MR) is 134 cm³/mol. The number of nitrogens with zero attached hydrogens (tertiary/aromatic N) is 2. The molecule has 3 aromatic rings. The molecule has 0 saturated carbocycles. The molecule has 1 atom stereocenters. The van der Waals surface area contributed by atoms with Gasteiger partial charge in [-0.3, -0.25) is 9.59 Å². The Kier molecular flexibility index (Phi) is 7.59. The average molecular weight is 522 g/mol. The fourth-order valence-corrected chi connectivity index (χ4v) is 3.90. The van der Waals surface area contributed by atoms with Gasteiger partial charge in [0.15, 0.2) is 11.5 Å². The van der Waals surface area contributed by atoms with Crippen LogP contribution in [0.25, 0.3) is 0 Å². The second kappa shape index (κ2) is 11.0. The van der Waals surface area contributed by atoms with E-state index in [1.165, 1.54) is 6.21 Å². The topological polar surface area (TPSA) is 80.2 Å². The number of hydrogen-bond acceptors (Lipinski definition) is 5. The number of halogens is 1. The molecule has 1 saturated heterocycles. The van der Waals surface area contributed by atoms with Crippen molar-refractivity contribution >= 4 is 39.6 Å². The first-order valence-electron chi connectivity index (χ1n) is 10.8. The minimum Gasteiger partial charge on any atom is -0.493 e. The van der Waals surface area contributed by atoms with E-state index in [1.54, 1.807) is 24.1 Å². The monoisotopic (exact) mass is 521 g/mol. The number of hydrogen-bond donors (Lipinski definition) is 1. The summed E-state index contributed by atoms with van der Waals surface area (Å²) in [6.45, 7) is 0.751. The molecule has 4 rings (SSSR count). The van der Waals surface area contributed by atoms with E-state index >= 15 is 0 Å². The molecule has 0 radical (unpaired) electrons. The molecule has 0 aromatic heterocycles. The van der Waals surface area contributed by atoms with E-state index in [2.05, 4.69) is 26.5 Å². The van der Waals surface area contributed by atoms with Crippen molar-refractivity contribution in [2.24, 2.45) is 11.0 Å². The zero-order valence-electron chi connectivity index (χ0n) is 18.6. The van der Waals surface area contributed by atoms with Gasteiger partial charge >= 0.3 is 0 Å². The Morgan fingerprint density at radius 1 is 1.12 bits per heavy atom. The zero-order chi connectivity index (χ0) is 23.9. The fraction of sp³-hybridized carbons (Fsp3) is 0.192. The third kappa shape index (κ3) is 5.82. The van der Waals surface area contributed by atoms with Gasteiger partial charge in [-0.05, 0) is 53.6 Å². The van der Waals surface area contributed by atoms with Gasteiger partial charge in [-0.15, -0.1) is 0 Å². The summed E-state index contributed by atoms with van der Waals surface area (Å²) in [6, 6.07) is 22.7. The van der Waals surface area contributed by atoms with E-state index in [0.29, 0.717) is 24.7 Å². The Labute approximate surface area is 206 Å². The summed E-state index contributed by atoms with van der Waals surface area (Å²) >= 11 is 3.38. The van der Waals surface area contributed by atoms with Crippen LogP contribution in [-0.2, 0) is 16.2 Å². The Hall–Kier alpha value is -3.65. The molecule has 1 fully saturated rings. The van der Waals surface area contributed by atoms with Crippen LogP contribution in [0.15, 0.2) is 82.4 Å². The number of rotatable bonds is 8. The Morgan fingerprint density at radius 2 is 1.88 bits per heavy atom. The number of ether oxygens (including phenoxy) is 2. The first-order valence-corrected chi connectivity index (χ1v) is 11.6. The largest absolute Gasteiger partial charge is 0.493 e. The Morgan fingerprint density at radius 3 is 2.62 bits per heavy atom. The highest BCUT2D eigenvalue weighted by molar-refractivity contribution is 9.10. The molecule has 0 unspecified atom stereocenters. The summed E-state index contributed by atoms with van der Waals surface area (Å²) in [4.78, 5) is 26.6. The quantitative estimate of drug-likeness (QED) is 0.348. The molecule has 0 aliphatic carbocycles. The molecular weight excluding hydrogens is 498 g/mol. The van der Waals surface area contributed by atoms with E-state index in [4.69, 9.17) is 9.47 Å². The summed E-state index contributed by atoms with van der Waals surface area (Å²) in [5.41, 5.74) is 5.11. The van der Waals surface area contributed by atoms with E-state index in [9.17, 15) is 9.59 Å². The minimum atomic E-state index is -0.461. The molecule has 1 aliphatic heterocycles. The van der Waals surface area contributed by atoms with Gasteiger partial charge in [-0.2, -0.15) is 5.10 Å². The standard InChI is InChI=1S/C26H24BrN3O4/c1-33-24-13-19(7-12-23(24)34-17-18-5-3-2-4-6-18)15-28-29-26(32)20-14-25(31)30(16-20)22-10-8-21(27)9-11-22/h2-13,15,20H,14,16-17H2,1H3,(H,29,32)/b28-15-/t20-/m1/s1. The first kappa shape index (κ1) is 23.5. The molecule has 34 heavy (non-hydrogen) atoms. The smallest absolute Gasteiger partial charge is 0.245 e. The molecule has 0 spiro atoms. The number of benzene rings is 3. The average Bonchev–Trinajstić information content (AvgIpc) is 3.25. The molecule has 1 aliphatic rings. The lowest BCUT2D eigenvalue weighted by Crippen LogP contribution is -2.30. The highest BCUT2D eigenvalue weighted by Crippen LogP contribution is 2.29. The maximum Gasteiger partial charge on any atom is 0.245 e. The van der Waals surface area contributed by atoms with E-state index in [1.807, 2.05) is 60.7 Å². The van der Waals surface area contributed by atoms with Crippen molar-refractivity contribution in [2.75, 3.05) is 18.6 Å². The maximum absolute atomic E-state index is 12.6. The van der Waals surface area contributed by atoms with Crippen molar-refractivity contribution in [1.29, 1.82) is 0 Å². The van der Waals surface area contributed by atoms with E-state index < -0.39 is 5.92 Å².